The summed E-state index contributed by atoms with van der Waals surface area (Å²) in [6, 6.07) is 0. The standard InChI is InChI=1S/C50H86O41S2/c51-9-16-35-23(58)28(63)45(78-16)86-37-18(11-53)80-47(30(65)25(37)60)88-40-21(14-56)83-50(42(33(40)68)76-5-1-3-7-92(70,71)72)91-39-20(13-55)82-48(32(67)27(39)62)89-41-22(15-57)84-49(43(34(41)69)77-6-2-4-8-93(73,74)75)90-38-19(12-54)81-46(31(66)26(38)61)87-36-17(10-52)79-44(85-35)29(64)24(36)59/h16-69H,1-15H2,(H,70,71,72)(H,73,74,75)/t16-,17-,18-,19-,20-,21-,22-,23-,24-,25-,26-,27-,28-,29-,30-,31-,32-,33+,34+,35-,36-,37-,38-,39-,40-,41-,42-,43-,44-,45-,46-,47-,48-,49-,50-/m1/s1. The molecule has 93 heavy (non-hydrogen) atoms. The first-order chi connectivity index (χ1) is 44.0. The summed E-state index contributed by atoms with van der Waals surface area (Å²) in [7, 11) is -8.97. The maximum atomic E-state index is 12.1. The number of rotatable bonds is 19. The zero-order valence-corrected chi connectivity index (χ0v) is 50.8. The van der Waals surface area contributed by atoms with Crippen LogP contribution in [-0.4, -0.2) is 409 Å². The Morgan fingerprint density at radius 3 is 0.624 bits per heavy atom. The second-order valence-electron chi connectivity index (χ2n) is 23.3. The summed E-state index contributed by atoms with van der Waals surface area (Å²) in [4.78, 5) is 0. The lowest BCUT2D eigenvalue weighted by Gasteiger charge is -2.50. The molecule has 0 amide bonds. The van der Waals surface area contributed by atoms with E-state index in [4.69, 9.17) is 75.8 Å². The number of aliphatic hydroxyl groups is 19. The predicted molar refractivity (Wildman–Crippen MR) is 287 cm³/mol. The second-order valence-corrected chi connectivity index (χ2v) is 26.5. The van der Waals surface area contributed by atoms with Gasteiger partial charge in [-0.15, -0.1) is 0 Å². The van der Waals surface area contributed by atoms with E-state index in [1.54, 1.807) is 0 Å². The van der Waals surface area contributed by atoms with E-state index in [0.29, 0.717) is 0 Å². The molecule has 0 aromatic rings. The number of unbranched alkanes of at least 4 members (excludes halogenated alkanes) is 2. The quantitative estimate of drug-likeness (QED) is 0.0422. The summed E-state index contributed by atoms with van der Waals surface area (Å²) in [5, 5.41) is 214. The molecular formula is C50H86O41S2. The third-order valence-electron chi connectivity index (χ3n) is 16.9. The van der Waals surface area contributed by atoms with Crippen molar-refractivity contribution in [2.45, 2.75) is 241 Å². The van der Waals surface area contributed by atoms with Gasteiger partial charge in [-0.25, -0.2) is 0 Å². The predicted octanol–water partition coefficient (Wildman–Crippen LogP) is -13.8. The Hall–Kier alpha value is -1.58. The molecule has 0 aromatic heterocycles. The lowest BCUT2D eigenvalue weighted by atomic mass is 9.95. The van der Waals surface area contributed by atoms with Crippen molar-refractivity contribution in [3.8, 4) is 0 Å². The van der Waals surface area contributed by atoms with Crippen molar-refractivity contribution in [2.24, 2.45) is 0 Å². The Bertz CT molecular complexity index is 2450. The van der Waals surface area contributed by atoms with Gasteiger partial charge >= 0.3 is 0 Å². The van der Waals surface area contributed by atoms with Crippen molar-refractivity contribution in [1.82, 2.24) is 0 Å². The van der Waals surface area contributed by atoms with Crippen LogP contribution in [0.2, 0.25) is 0 Å². The molecule has 21 N–H and O–H groups in total. The summed E-state index contributed by atoms with van der Waals surface area (Å²) >= 11 is 0. The number of fused-ring (bicyclic) bond motifs is 7. The van der Waals surface area contributed by atoms with E-state index >= 15 is 0 Å². The van der Waals surface area contributed by atoms with Crippen LogP contribution in [0.4, 0.5) is 0 Å². The van der Waals surface area contributed by atoms with Gasteiger partial charge in [-0.2, -0.15) is 16.8 Å². The monoisotopic (exact) mass is 1410 g/mol. The molecule has 0 aromatic carbocycles. The SMILES string of the molecule is O=S(=O)(O)CCCCO[C@H]1[C@H]2O[C@H]3[C@H](O)[C@@H](O)[C@@H](O[C@H]4[C@H](O)[C@@H](O)[C@@H](O[C@H]5[C@H](O)[C@@H](O)[C@@H](O[C@H]6[C@H](O)[C@@H](O)[C@@H](O[C@H]7[C@H](O)[C@@H](OCCCCS(=O)(=O)O)[C@@H](O[C@H]8[C@H](O)[C@@H](O)[C@@H](O[C@@H]([C@@H]1O)[C@@H](CO)O2)O[C@@H]8CO)O[C@@H]7CO)O[C@@H]6CO)O[C@@H]5CO)O[C@@H]4CO)O[C@@H]3CO. The minimum absolute atomic E-state index is 0.165. The molecule has 15 aliphatic heterocycles. The molecule has 43 heteroatoms. The number of hydrogen-bond acceptors (Lipinski definition) is 39. The van der Waals surface area contributed by atoms with E-state index < -0.39 is 306 Å². The Labute approximate surface area is 529 Å². The van der Waals surface area contributed by atoms with Gasteiger partial charge in [-0.1, -0.05) is 0 Å². The Morgan fingerprint density at radius 1 is 0.247 bits per heavy atom. The molecule has 0 spiro atoms. The third kappa shape index (κ3) is 18.0. The highest BCUT2D eigenvalue weighted by molar-refractivity contribution is 7.86. The summed E-state index contributed by atoms with van der Waals surface area (Å²) in [5.74, 6) is -1.50. The number of ether oxygens (including phenoxy) is 16. The molecule has 0 radical (unpaired) electrons. The van der Waals surface area contributed by atoms with Crippen LogP contribution in [0.15, 0.2) is 0 Å². The minimum Gasteiger partial charge on any atom is -0.394 e. The molecule has 15 aliphatic rings. The fourth-order valence-corrected chi connectivity index (χ4v) is 13.1. The normalized spacial score (nSPS) is 48.2. The lowest BCUT2D eigenvalue weighted by Crippen LogP contribution is -2.68. The summed E-state index contributed by atoms with van der Waals surface area (Å²) in [5.41, 5.74) is 0. The fourth-order valence-electron chi connectivity index (χ4n) is 12.0. The van der Waals surface area contributed by atoms with Crippen molar-refractivity contribution in [2.75, 3.05) is 71.0 Å². The average Bonchev–Trinajstić information content (AvgIpc) is 0.786. The van der Waals surface area contributed by atoms with E-state index in [1.165, 1.54) is 0 Å². The first-order valence-corrected chi connectivity index (χ1v) is 33.0. The van der Waals surface area contributed by atoms with Gasteiger partial charge in [-0.3, -0.25) is 9.11 Å². The molecule has 14 bridgehead atoms. The molecule has 0 unspecified atom stereocenters. The number of hydrogen-bond donors (Lipinski definition) is 21. The molecule has 544 valence electrons. The molecule has 35 atom stereocenters. The average molecular weight is 1410 g/mol. The van der Waals surface area contributed by atoms with Crippen molar-refractivity contribution >= 4 is 20.2 Å². The maximum Gasteiger partial charge on any atom is 0.264 e. The van der Waals surface area contributed by atoms with E-state index in [0.717, 1.165) is 0 Å². The fraction of sp³-hybridized carbons (Fsp3) is 1.00. The van der Waals surface area contributed by atoms with Gasteiger partial charge in [0.25, 0.3) is 20.2 Å². The first-order valence-electron chi connectivity index (χ1n) is 29.8. The largest absolute Gasteiger partial charge is 0.394 e. The van der Waals surface area contributed by atoms with E-state index in [-0.39, 0.29) is 25.7 Å². The highest BCUT2D eigenvalue weighted by atomic mass is 32.2. The smallest absolute Gasteiger partial charge is 0.264 e. The van der Waals surface area contributed by atoms with Gasteiger partial charge in [0.15, 0.2) is 44.0 Å². The molecule has 15 rings (SSSR count). The van der Waals surface area contributed by atoms with Gasteiger partial charge in [-0.05, 0) is 25.7 Å². The first kappa shape index (κ1) is 77.2. The van der Waals surface area contributed by atoms with E-state index in [9.17, 15) is 123 Å². The van der Waals surface area contributed by atoms with Crippen LogP contribution in [-0.2, 0) is 96.0 Å². The summed E-state index contributed by atoms with van der Waals surface area (Å²) in [6.07, 6.45) is -72.3. The van der Waals surface area contributed by atoms with Gasteiger partial charge in [0.2, 0.25) is 0 Å². The van der Waals surface area contributed by atoms with Crippen molar-refractivity contribution in [3.05, 3.63) is 0 Å². The zero-order chi connectivity index (χ0) is 68.1. The van der Waals surface area contributed by atoms with Crippen molar-refractivity contribution in [3.63, 3.8) is 0 Å². The second kappa shape index (κ2) is 33.7. The molecular weight excluding hydrogens is 1320 g/mol. The van der Waals surface area contributed by atoms with Gasteiger partial charge in [0.1, 0.15) is 171 Å². The molecule has 15 heterocycles. The van der Waals surface area contributed by atoms with Crippen LogP contribution in [0.1, 0.15) is 25.7 Å². The van der Waals surface area contributed by atoms with Crippen LogP contribution in [0.5, 0.6) is 0 Å². The summed E-state index contributed by atoms with van der Waals surface area (Å²) in [6.45, 7) is -8.69. The van der Waals surface area contributed by atoms with Crippen LogP contribution in [0.25, 0.3) is 0 Å². The van der Waals surface area contributed by atoms with Gasteiger partial charge in [0, 0.05) is 13.2 Å². The van der Waals surface area contributed by atoms with Crippen molar-refractivity contribution < 1.29 is 199 Å². The zero-order valence-electron chi connectivity index (χ0n) is 49.2. The minimum atomic E-state index is -4.48. The highest BCUT2D eigenvalue weighted by Gasteiger charge is 2.60. The number of aliphatic hydroxyl groups excluding tert-OH is 19. The van der Waals surface area contributed by atoms with Gasteiger partial charge < -0.3 is 173 Å². The topological polar surface area (TPSA) is 641 Å². The maximum absolute atomic E-state index is 12.1. The van der Waals surface area contributed by atoms with Gasteiger partial charge in [0.05, 0.1) is 57.8 Å². The van der Waals surface area contributed by atoms with Crippen LogP contribution >= 0.6 is 0 Å². The van der Waals surface area contributed by atoms with Crippen LogP contribution in [0, 0.1) is 0 Å². The lowest BCUT2D eigenvalue weighted by molar-refractivity contribution is -0.399. The van der Waals surface area contributed by atoms with Crippen LogP contribution in [0.3, 0.4) is 0 Å². The van der Waals surface area contributed by atoms with E-state index in [2.05, 4.69) is 0 Å². The molecule has 0 saturated carbocycles. The Morgan fingerprint density at radius 2 is 0.430 bits per heavy atom. The Kier molecular flexibility index (Phi) is 28.0. The summed E-state index contributed by atoms with van der Waals surface area (Å²) < 4.78 is 158. The molecule has 15 saturated heterocycles. The van der Waals surface area contributed by atoms with Crippen molar-refractivity contribution in [1.29, 1.82) is 0 Å². The van der Waals surface area contributed by atoms with Crippen LogP contribution < -0.4 is 0 Å². The molecule has 0 aliphatic carbocycles. The third-order valence-corrected chi connectivity index (χ3v) is 18.6. The van der Waals surface area contributed by atoms with E-state index in [1.807, 2.05) is 0 Å². The molecule has 15 fully saturated rings. The molecule has 41 nitrogen and oxygen atoms in total. The Balaban J connectivity index is 1.13. The highest BCUT2D eigenvalue weighted by Crippen LogP contribution is 2.40.